The van der Waals surface area contributed by atoms with Crippen LogP contribution in [0, 0.1) is 0 Å². The van der Waals surface area contributed by atoms with Crippen LogP contribution in [0.1, 0.15) is 59.4 Å². The van der Waals surface area contributed by atoms with E-state index in [1.807, 2.05) is 42.5 Å². The molecule has 1 fully saturated rings. The Morgan fingerprint density at radius 3 is 2.15 bits per heavy atom. The molecule has 4 rings (SSSR count). The molecule has 2 N–H and O–H groups in total. The second-order valence-electron chi connectivity index (χ2n) is 10.7. The molecule has 1 amide bonds. The highest BCUT2D eigenvalue weighted by Crippen LogP contribution is 2.29. The molecule has 0 aliphatic carbocycles. The third-order valence-corrected chi connectivity index (χ3v) is 6.76. The normalized spacial score (nSPS) is 14.9. The maximum Gasteiger partial charge on any atom is 0.490 e. The first kappa shape index (κ1) is 32.1. The van der Waals surface area contributed by atoms with E-state index in [1.165, 1.54) is 5.56 Å². The zero-order valence-corrected chi connectivity index (χ0v) is 23.9. The quantitative estimate of drug-likeness (QED) is 0.337. The number of amides is 1. The Morgan fingerprint density at radius 1 is 0.951 bits per heavy atom. The van der Waals surface area contributed by atoms with Gasteiger partial charge < -0.3 is 15.2 Å². The number of carbonyl (C=O) groups is 2. The first-order valence-corrected chi connectivity index (χ1v) is 13.5. The molecule has 1 aliphatic heterocycles. The molecule has 3 aromatic carbocycles. The first-order chi connectivity index (χ1) is 19.2. The minimum Gasteiger partial charge on any atom is -0.475 e. The first-order valence-electron chi connectivity index (χ1n) is 13.1. The maximum atomic E-state index is 13.4. The van der Waals surface area contributed by atoms with E-state index in [2.05, 4.69) is 61.3 Å². The van der Waals surface area contributed by atoms with Gasteiger partial charge in [-0.15, -0.1) is 0 Å². The van der Waals surface area contributed by atoms with Crippen molar-refractivity contribution in [1.29, 1.82) is 0 Å². The number of alkyl halides is 3. The van der Waals surface area contributed by atoms with Crippen LogP contribution in [0.4, 0.5) is 13.2 Å². The monoisotopic (exact) mass is 590 g/mol. The number of ether oxygens (including phenoxy) is 1. The van der Waals surface area contributed by atoms with Gasteiger partial charge in [-0.05, 0) is 51.9 Å². The lowest BCUT2D eigenvalue weighted by Crippen LogP contribution is -2.35. The topological polar surface area (TPSA) is 78.9 Å². The molecule has 0 bridgehead atoms. The van der Waals surface area contributed by atoms with Crippen LogP contribution >= 0.6 is 11.6 Å². The van der Waals surface area contributed by atoms with Gasteiger partial charge in [-0.1, -0.05) is 80.9 Å². The van der Waals surface area contributed by atoms with E-state index in [0.717, 1.165) is 49.5 Å². The summed E-state index contributed by atoms with van der Waals surface area (Å²) in [7, 11) is 0. The third-order valence-electron chi connectivity index (χ3n) is 6.51. The van der Waals surface area contributed by atoms with Gasteiger partial charge in [0, 0.05) is 30.2 Å². The van der Waals surface area contributed by atoms with Crippen LogP contribution in [-0.4, -0.2) is 54.4 Å². The van der Waals surface area contributed by atoms with E-state index in [1.54, 1.807) is 0 Å². The number of benzene rings is 3. The number of aliphatic carboxylic acids is 1. The number of hydrogen-bond acceptors (Lipinski definition) is 4. The van der Waals surface area contributed by atoms with Crippen molar-refractivity contribution < 1.29 is 32.6 Å². The average Bonchev–Trinajstić information content (AvgIpc) is 2.92. The Bertz CT molecular complexity index is 1320. The molecular weight excluding hydrogens is 557 g/mol. The molecule has 1 heterocycles. The smallest absolute Gasteiger partial charge is 0.475 e. The highest BCUT2D eigenvalue weighted by molar-refractivity contribution is 6.30. The molecule has 0 spiro atoms. The summed E-state index contributed by atoms with van der Waals surface area (Å²) in [6.07, 6.45) is -5.08. The summed E-state index contributed by atoms with van der Waals surface area (Å²) in [5, 5.41) is 11.1. The van der Waals surface area contributed by atoms with Gasteiger partial charge in [0.05, 0.1) is 19.3 Å². The number of carboxylic acids is 1. The number of carboxylic acid groups (broad SMARTS) is 1. The van der Waals surface area contributed by atoms with E-state index in [4.69, 9.17) is 26.2 Å². The van der Waals surface area contributed by atoms with Gasteiger partial charge in [0.2, 0.25) is 0 Å². The summed E-state index contributed by atoms with van der Waals surface area (Å²) >= 11 is 6.15. The highest BCUT2D eigenvalue weighted by Gasteiger charge is 2.38. The lowest BCUT2D eigenvalue weighted by Gasteiger charge is -2.26. The fourth-order valence-electron chi connectivity index (χ4n) is 4.24. The molecule has 1 atom stereocenters. The lowest BCUT2D eigenvalue weighted by molar-refractivity contribution is -0.192. The molecule has 1 aliphatic rings. The minimum atomic E-state index is -5.08. The van der Waals surface area contributed by atoms with Gasteiger partial charge in [0.1, 0.15) is 0 Å². The molecular formula is C31H34ClF3N2O4. The Morgan fingerprint density at radius 2 is 1.56 bits per heavy atom. The average molecular weight is 591 g/mol. The second-order valence-corrected chi connectivity index (χ2v) is 11.2. The predicted molar refractivity (Wildman–Crippen MR) is 152 cm³/mol. The molecule has 1 unspecified atom stereocenters. The van der Waals surface area contributed by atoms with Crippen LogP contribution in [0.3, 0.4) is 0 Å². The van der Waals surface area contributed by atoms with E-state index in [9.17, 15) is 18.0 Å². The molecule has 220 valence electrons. The number of morpholine rings is 1. The SMILES string of the molecule is CC(C)(C)c1cccc(C(NC(=O)c2cccc(CN3CCOCC3)c2)c2ccc(Cl)cc2)c1.O=C(O)C(F)(F)F. The van der Waals surface area contributed by atoms with Crippen LogP contribution in [-0.2, 0) is 21.5 Å². The van der Waals surface area contributed by atoms with Crippen LogP contribution in [0.15, 0.2) is 72.8 Å². The minimum absolute atomic E-state index is 0.0123. The van der Waals surface area contributed by atoms with Crippen molar-refractivity contribution in [2.24, 2.45) is 0 Å². The molecule has 10 heteroatoms. The van der Waals surface area contributed by atoms with E-state index < -0.39 is 12.1 Å². The van der Waals surface area contributed by atoms with Crippen LogP contribution in [0.25, 0.3) is 0 Å². The fraction of sp³-hybridized carbons (Fsp3) is 0.355. The molecule has 3 aromatic rings. The molecule has 0 radical (unpaired) electrons. The largest absolute Gasteiger partial charge is 0.490 e. The van der Waals surface area contributed by atoms with Crippen LogP contribution < -0.4 is 5.32 Å². The Kier molecular flexibility index (Phi) is 11.0. The fourth-order valence-corrected chi connectivity index (χ4v) is 4.37. The number of hydrogen-bond donors (Lipinski definition) is 2. The summed E-state index contributed by atoms with van der Waals surface area (Å²) in [5.74, 6) is -2.85. The second kappa shape index (κ2) is 14.0. The number of nitrogens with zero attached hydrogens (tertiary/aromatic N) is 1. The highest BCUT2D eigenvalue weighted by atomic mass is 35.5. The van der Waals surface area contributed by atoms with E-state index in [0.29, 0.717) is 10.6 Å². The van der Waals surface area contributed by atoms with Gasteiger partial charge in [-0.25, -0.2) is 4.79 Å². The molecule has 1 saturated heterocycles. The Balaban J connectivity index is 0.000000587. The van der Waals surface area contributed by atoms with E-state index in [-0.39, 0.29) is 17.4 Å². The van der Waals surface area contributed by atoms with Crippen molar-refractivity contribution in [3.63, 3.8) is 0 Å². The number of nitrogens with one attached hydrogen (secondary N) is 1. The summed E-state index contributed by atoms with van der Waals surface area (Å²) in [6, 6.07) is 23.8. The Labute approximate surface area is 243 Å². The molecule has 6 nitrogen and oxygen atoms in total. The molecule has 0 aromatic heterocycles. The zero-order chi connectivity index (χ0) is 30.2. The standard InChI is InChI=1S/C29H33ClN2O2.C2HF3O2/c1-29(2,3)25-9-5-7-23(19-25)27(22-10-12-26(30)13-11-22)31-28(33)24-8-4-6-21(18-24)20-32-14-16-34-17-15-32;3-2(4,5)1(6)7/h4-13,18-19,27H,14-17,20H2,1-3H3,(H,31,33);(H,6,7). The maximum absolute atomic E-state index is 13.4. The summed E-state index contributed by atoms with van der Waals surface area (Å²) in [6.45, 7) is 10.8. The van der Waals surface area contributed by atoms with Crippen molar-refractivity contribution >= 4 is 23.5 Å². The number of carbonyl (C=O) groups excluding carboxylic acids is 1. The third kappa shape index (κ3) is 9.88. The van der Waals surface area contributed by atoms with Crippen molar-refractivity contribution in [1.82, 2.24) is 10.2 Å². The number of rotatable bonds is 6. The van der Waals surface area contributed by atoms with Gasteiger partial charge >= 0.3 is 12.1 Å². The summed E-state index contributed by atoms with van der Waals surface area (Å²) in [5.41, 5.74) is 5.08. The van der Waals surface area contributed by atoms with Gasteiger partial charge in [0.15, 0.2) is 0 Å². The van der Waals surface area contributed by atoms with Gasteiger partial charge in [0.25, 0.3) is 5.91 Å². The van der Waals surface area contributed by atoms with Crippen molar-refractivity contribution in [2.75, 3.05) is 26.3 Å². The van der Waals surface area contributed by atoms with Crippen LogP contribution in [0.2, 0.25) is 5.02 Å². The van der Waals surface area contributed by atoms with E-state index >= 15 is 0 Å². The number of halogens is 4. The Hall–Kier alpha value is -3.40. The van der Waals surface area contributed by atoms with Gasteiger partial charge in [-0.3, -0.25) is 9.69 Å². The van der Waals surface area contributed by atoms with Crippen molar-refractivity contribution in [2.45, 2.75) is 44.9 Å². The summed E-state index contributed by atoms with van der Waals surface area (Å²) in [4.78, 5) is 24.7. The lowest BCUT2D eigenvalue weighted by atomic mass is 9.84. The van der Waals surface area contributed by atoms with Crippen molar-refractivity contribution in [3.8, 4) is 0 Å². The summed E-state index contributed by atoms with van der Waals surface area (Å²) < 4.78 is 37.2. The van der Waals surface area contributed by atoms with Gasteiger partial charge in [-0.2, -0.15) is 13.2 Å². The molecule has 41 heavy (non-hydrogen) atoms. The molecule has 0 saturated carbocycles. The zero-order valence-electron chi connectivity index (χ0n) is 23.2. The predicted octanol–water partition coefficient (Wildman–Crippen LogP) is 6.62. The van der Waals surface area contributed by atoms with Crippen molar-refractivity contribution in [3.05, 3.63) is 106 Å². The van der Waals surface area contributed by atoms with Crippen LogP contribution in [0.5, 0.6) is 0 Å².